The molecule has 5 heteroatoms. The molecule has 0 aromatic heterocycles. The van der Waals surface area contributed by atoms with Gasteiger partial charge in [0.15, 0.2) is 0 Å². The van der Waals surface area contributed by atoms with Gasteiger partial charge in [-0.15, -0.1) is 0 Å². The third-order valence-electron chi connectivity index (χ3n) is 3.43. The molecule has 0 atom stereocenters. The van der Waals surface area contributed by atoms with Crippen LogP contribution in [0.3, 0.4) is 0 Å². The zero-order valence-electron chi connectivity index (χ0n) is 12.2. The van der Waals surface area contributed by atoms with Crippen molar-refractivity contribution in [3.05, 3.63) is 24.3 Å². The molecule has 20 heavy (non-hydrogen) atoms. The van der Waals surface area contributed by atoms with Crippen LogP contribution in [0.15, 0.2) is 24.3 Å². The first-order valence-corrected chi connectivity index (χ1v) is 7.06. The fourth-order valence-electron chi connectivity index (χ4n) is 2.23. The molecule has 110 valence electrons. The molecule has 2 rings (SSSR count). The van der Waals surface area contributed by atoms with Gasteiger partial charge < -0.3 is 20.3 Å². The number of piperazine rings is 1. The van der Waals surface area contributed by atoms with E-state index in [1.54, 1.807) is 0 Å². The van der Waals surface area contributed by atoms with E-state index in [9.17, 15) is 4.79 Å². The molecule has 1 heterocycles. The standard InChI is InChI=1S/C15H23N3O2/c1-12(2)20-11-15(19)18-9-7-17(8-10-18)14-5-3-13(16)4-6-14/h3-6,12H,7-11,16H2,1-2H3. The fraction of sp³-hybridized carbons (Fsp3) is 0.533. The molecule has 0 unspecified atom stereocenters. The maximum Gasteiger partial charge on any atom is 0.248 e. The van der Waals surface area contributed by atoms with Crippen molar-refractivity contribution < 1.29 is 9.53 Å². The average Bonchev–Trinajstić information content (AvgIpc) is 2.46. The van der Waals surface area contributed by atoms with E-state index in [2.05, 4.69) is 4.90 Å². The Morgan fingerprint density at radius 1 is 1.20 bits per heavy atom. The molecule has 1 aliphatic heterocycles. The highest BCUT2D eigenvalue weighted by Crippen LogP contribution is 2.18. The zero-order chi connectivity index (χ0) is 14.5. The summed E-state index contributed by atoms with van der Waals surface area (Å²) in [4.78, 5) is 16.1. The van der Waals surface area contributed by atoms with Crippen molar-refractivity contribution in [1.29, 1.82) is 0 Å². The maximum atomic E-state index is 12.0. The number of ether oxygens (including phenoxy) is 1. The van der Waals surface area contributed by atoms with E-state index in [1.807, 2.05) is 43.0 Å². The van der Waals surface area contributed by atoms with Gasteiger partial charge in [0.2, 0.25) is 5.91 Å². The van der Waals surface area contributed by atoms with E-state index in [0.717, 1.165) is 37.6 Å². The second kappa shape index (κ2) is 6.61. The Kier molecular flexibility index (Phi) is 4.84. The summed E-state index contributed by atoms with van der Waals surface area (Å²) in [5.74, 6) is 0.0793. The summed E-state index contributed by atoms with van der Waals surface area (Å²) in [5.41, 5.74) is 7.62. The zero-order valence-corrected chi connectivity index (χ0v) is 12.2. The number of benzene rings is 1. The van der Waals surface area contributed by atoms with E-state index in [1.165, 1.54) is 0 Å². The van der Waals surface area contributed by atoms with Crippen molar-refractivity contribution in [2.45, 2.75) is 20.0 Å². The molecule has 1 fully saturated rings. The van der Waals surface area contributed by atoms with Crippen LogP contribution in [-0.2, 0) is 9.53 Å². The SMILES string of the molecule is CC(C)OCC(=O)N1CCN(c2ccc(N)cc2)CC1. The van der Waals surface area contributed by atoms with Crippen molar-refractivity contribution in [1.82, 2.24) is 4.90 Å². The van der Waals surface area contributed by atoms with Gasteiger partial charge in [0, 0.05) is 37.6 Å². The molecule has 0 spiro atoms. The fourth-order valence-corrected chi connectivity index (χ4v) is 2.23. The van der Waals surface area contributed by atoms with Gasteiger partial charge in [-0.3, -0.25) is 4.79 Å². The van der Waals surface area contributed by atoms with E-state index < -0.39 is 0 Å². The van der Waals surface area contributed by atoms with Crippen LogP contribution in [0.1, 0.15) is 13.8 Å². The molecule has 1 aromatic carbocycles. The Morgan fingerprint density at radius 3 is 2.35 bits per heavy atom. The second-order valence-corrected chi connectivity index (χ2v) is 5.32. The number of carbonyl (C=O) groups excluding carboxylic acids is 1. The van der Waals surface area contributed by atoms with Gasteiger partial charge in [-0.05, 0) is 38.1 Å². The summed E-state index contributed by atoms with van der Waals surface area (Å²) >= 11 is 0. The maximum absolute atomic E-state index is 12.0. The van der Waals surface area contributed by atoms with Gasteiger partial charge in [-0.25, -0.2) is 0 Å². The number of rotatable bonds is 4. The number of amides is 1. The highest BCUT2D eigenvalue weighted by molar-refractivity contribution is 5.77. The van der Waals surface area contributed by atoms with E-state index in [4.69, 9.17) is 10.5 Å². The predicted octanol–water partition coefficient (Wildman–Crippen LogP) is 1.34. The molecule has 1 amide bonds. The summed E-state index contributed by atoms with van der Waals surface area (Å²) in [7, 11) is 0. The quantitative estimate of drug-likeness (QED) is 0.844. The summed E-state index contributed by atoms with van der Waals surface area (Å²) < 4.78 is 5.36. The van der Waals surface area contributed by atoms with Crippen molar-refractivity contribution in [3.8, 4) is 0 Å². The number of nitrogens with zero attached hydrogens (tertiary/aromatic N) is 2. The lowest BCUT2D eigenvalue weighted by Gasteiger charge is -2.36. The summed E-state index contributed by atoms with van der Waals surface area (Å²) in [6.45, 7) is 7.22. The molecule has 2 N–H and O–H groups in total. The number of carbonyl (C=O) groups is 1. The van der Waals surface area contributed by atoms with E-state index >= 15 is 0 Å². The van der Waals surface area contributed by atoms with Crippen LogP contribution in [0.4, 0.5) is 11.4 Å². The predicted molar refractivity (Wildman–Crippen MR) is 80.7 cm³/mol. The van der Waals surface area contributed by atoms with Crippen molar-refractivity contribution in [2.24, 2.45) is 0 Å². The first kappa shape index (κ1) is 14.7. The number of hydrogen-bond acceptors (Lipinski definition) is 4. The van der Waals surface area contributed by atoms with Gasteiger partial charge in [-0.1, -0.05) is 0 Å². The molecule has 0 radical (unpaired) electrons. The van der Waals surface area contributed by atoms with Crippen LogP contribution < -0.4 is 10.6 Å². The minimum Gasteiger partial charge on any atom is -0.399 e. The molecule has 0 saturated carbocycles. The first-order chi connectivity index (χ1) is 9.56. The third kappa shape index (κ3) is 3.87. The molecule has 1 aliphatic rings. The Hall–Kier alpha value is -1.75. The minimum absolute atomic E-state index is 0.0793. The minimum atomic E-state index is 0.0793. The summed E-state index contributed by atoms with van der Waals surface area (Å²) in [6.07, 6.45) is 0.0926. The number of nitrogens with two attached hydrogens (primary N) is 1. The largest absolute Gasteiger partial charge is 0.399 e. The average molecular weight is 277 g/mol. The summed E-state index contributed by atoms with van der Waals surface area (Å²) in [5, 5.41) is 0. The lowest BCUT2D eigenvalue weighted by Crippen LogP contribution is -2.49. The van der Waals surface area contributed by atoms with Gasteiger partial charge in [-0.2, -0.15) is 0 Å². The number of hydrogen-bond donors (Lipinski definition) is 1. The Balaban J connectivity index is 1.83. The van der Waals surface area contributed by atoms with Gasteiger partial charge in [0.05, 0.1) is 6.10 Å². The van der Waals surface area contributed by atoms with Crippen molar-refractivity contribution in [3.63, 3.8) is 0 Å². The molecule has 1 aromatic rings. The van der Waals surface area contributed by atoms with Crippen LogP contribution in [0, 0.1) is 0 Å². The first-order valence-electron chi connectivity index (χ1n) is 7.06. The molecule has 5 nitrogen and oxygen atoms in total. The molecule has 0 bridgehead atoms. The lowest BCUT2D eigenvalue weighted by molar-refractivity contribution is -0.137. The molecular weight excluding hydrogens is 254 g/mol. The van der Waals surface area contributed by atoms with Crippen LogP contribution in [0.5, 0.6) is 0 Å². The van der Waals surface area contributed by atoms with Gasteiger partial charge in [0.25, 0.3) is 0 Å². The molecule has 0 aliphatic carbocycles. The smallest absolute Gasteiger partial charge is 0.248 e. The van der Waals surface area contributed by atoms with E-state index in [0.29, 0.717) is 0 Å². The highest BCUT2D eigenvalue weighted by Gasteiger charge is 2.21. The Labute approximate surface area is 120 Å². The van der Waals surface area contributed by atoms with Crippen LogP contribution in [0.25, 0.3) is 0 Å². The highest BCUT2D eigenvalue weighted by atomic mass is 16.5. The van der Waals surface area contributed by atoms with Crippen LogP contribution >= 0.6 is 0 Å². The normalized spacial score (nSPS) is 15.8. The van der Waals surface area contributed by atoms with Gasteiger partial charge in [0.1, 0.15) is 6.61 Å². The Morgan fingerprint density at radius 2 is 1.80 bits per heavy atom. The summed E-state index contributed by atoms with van der Waals surface area (Å²) in [6, 6.07) is 7.86. The van der Waals surface area contributed by atoms with Crippen molar-refractivity contribution >= 4 is 17.3 Å². The molecule has 1 saturated heterocycles. The van der Waals surface area contributed by atoms with Crippen LogP contribution in [-0.4, -0.2) is 49.7 Å². The second-order valence-electron chi connectivity index (χ2n) is 5.32. The lowest BCUT2D eigenvalue weighted by atomic mass is 10.2. The van der Waals surface area contributed by atoms with Crippen molar-refractivity contribution in [2.75, 3.05) is 43.4 Å². The monoisotopic (exact) mass is 277 g/mol. The van der Waals surface area contributed by atoms with Crippen LogP contribution in [0.2, 0.25) is 0 Å². The Bertz CT molecular complexity index is 437. The van der Waals surface area contributed by atoms with Gasteiger partial charge >= 0.3 is 0 Å². The number of anilines is 2. The third-order valence-corrected chi connectivity index (χ3v) is 3.43. The topological polar surface area (TPSA) is 58.8 Å². The van der Waals surface area contributed by atoms with E-state index in [-0.39, 0.29) is 18.6 Å². The number of nitrogen functional groups attached to an aromatic ring is 1. The molecular formula is C15H23N3O2.